The second-order valence-electron chi connectivity index (χ2n) is 3.43. The molecule has 0 spiro atoms. The maximum absolute atomic E-state index is 6.17. The quantitative estimate of drug-likeness (QED) is 0.710. The number of benzene rings is 1. The topological polar surface area (TPSA) is 49.4 Å². The van der Waals surface area contributed by atoms with Crippen LogP contribution < -0.4 is 0 Å². The number of hydrogen-bond donors (Lipinski definition) is 0. The summed E-state index contributed by atoms with van der Waals surface area (Å²) < 4.78 is 0. The highest BCUT2D eigenvalue weighted by atomic mass is 35.5. The van der Waals surface area contributed by atoms with Crippen LogP contribution in [0.1, 0.15) is 5.56 Å². The van der Waals surface area contributed by atoms with Crippen molar-refractivity contribution in [1.29, 1.82) is 0 Å². The third-order valence-electron chi connectivity index (χ3n) is 2.56. The molecule has 0 amide bonds. The maximum Gasteiger partial charge on any atom is 0.224 e. The fourth-order valence-corrected chi connectivity index (χ4v) is 2.06. The van der Waals surface area contributed by atoms with Gasteiger partial charge in [0, 0.05) is 10.6 Å². The predicted molar refractivity (Wildman–Crippen MR) is 66.0 cm³/mol. The fourth-order valence-electron chi connectivity index (χ4n) is 1.80. The van der Waals surface area contributed by atoms with Gasteiger partial charge < -0.3 is 0 Å². The summed E-state index contributed by atoms with van der Waals surface area (Å²) >= 11 is 6.17. The molecular formula is C11H7ClN4. The Morgan fingerprint density at radius 3 is 2.75 bits per heavy atom. The zero-order chi connectivity index (χ0) is 11.0. The highest BCUT2D eigenvalue weighted by Crippen LogP contribution is 2.36. The van der Waals surface area contributed by atoms with E-state index in [-0.39, 0.29) is 0 Å². The van der Waals surface area contributed by atoms with E-state index in [0.717, 1.165) is 5.56 Å². The van der Waals surface area contributed by atoms with Gasteiger partial charge in [-0.15, -0.1) is 0 Å². The first-order chi connectivity index (χ1) is 7.83. The van der Waals surface area contributed by atoms with E-state index in [2.05, 4.69) is 20.0 Å². The number of hydrogen-bond acceptors (Lipinski definition) is 4. The first kappa shape index (κ1) is 9.42. The van der Waals surface area contributed by atoms with E-state index >= 15 is 0 Å². The van der Waals surface area contributed by atoms with Gasteiger partial charge in [-0.25, -0.2) is 20.0 Å². The second kappa shape index (κ2) is 3.35. The molecule has 0 radical (unpaired) electrons. The molecule has 2 heterocycles. The SMILES string of the molecule is Clc1ccccc1C12N=CN=CC1=NC=N2. The minimum Gasteiger partial charge on any atom is -0.243 e. The Morgan fingerprint density at radius 2 is 1.88 bits per heavy atom. The van der Waals surface area contributed by atoms with Gasteiger partial charge in [0.2, 0.25) is 5.66 Å². The molecule has 1 aromatic rings. The van der Waals surface area contributed by atoms with Crippen molar-refractivity contribution in [3.05, 3.63) is 34.9 Å². The van der Waals surface area contributed by atoms with Crippen molar-refractivity contribution >= 4 is 36.2 Å². The van der Waals surface area contributed by atoms with Gasteiger partial charge in [-0.3, -0.25) is 0 Å². The van der Waals surface area contributed by atoms with E-state index in [0.29, 0.717) is 10.7 Å². The van der Waals surface area contributed by atoms with Crippen molar-refractivity contribution in [2.75, 3.05) is 0 Å². The number of fused-ring (bicyclic) bond motifs is 1. The molecule has 1 atom stereocenters. The van der Waals surface area contributed by atoms with Gasteiger partial charge in [-0.05, 0) is 6.07 Å². The lowest BCUT2D eigenvalue weighted by atomic mass is 9.95. The predicted octanol–water partition coefficient (Wildman–Crippen LogP) is 2.09. The van der Waals surface area contributed by atoms with Crippen molar-refractivity contribution in [2.45, 2.75) is 5.66 Å². The lowest BCUT2D eigenvalue weighted by Gasteiger charge is -2.24. The summed E-state index contributed by atoms with van der Waals surface area (Å²) in [6.45, 7) is 0. The molecule has 2 aliphatic heterocycles. The number of nitrogens with zero attached hydrogens (tertiary/aromatic N) is 4. The monoisotopic (exact) mass is 230 g/mol. The van der Waals surface area contributed by atoms with Crippen LogP contribution in [0.2, 0.25) is 5.02 Å². The molecule has 0 bridgehead atoms. The molecule has 5 heteroatoms. The summed E-state index contributed by atoms with van der Waals surface area (Å²) in [5.41, 5.74) is 0.703. The van der Waals surface area contributed by atoms with Crippen molar-refractivity contribution in [3.63, 3.8) is 0 Å². The van der Waals surface area contributed by atoms with Crippen LogP contribution in [-0.4, -0.2) is 24.6 Å². The van der Waals surface area contributed by atoms with Gasteiger partial charge in [-0.1, -0.05) is 29.8 Å². The molecule has 3 rings (SSSR count). The highest BCUT2D eigenvalue weighted by molar-refractivity contribution is 6.40. The lowest BCUT2D eigenvalue weighted by molar-refractivity contribution is 0.666. The van der Waals surface area contributed by atoms with E-state index < -0.39 is 5.66 Å². The minimum absolute atomic E-state index is 0.627. The average molecular weight is 231 g/mol. The molecule has 4 nitrogen and oxygen atoms in total. The Hall–Kier alpha value is -1.81. The van der Waals surface area contributed by atoms with Crippen LogP contribution in [-0.2, 0) is 5.66 Å². The summed E-state index contributed by atoms with van der Waals surface area (Å²) in [5.74, 6) is 0. The maximum atomic E-state index is 6.17. The Labute approximate surface area is 97.1 Å². The van der Waals surface area contributed by atoms with Crippen LogP contribution >= 0.6 is 11.6 Å². The summed E-state index contributed by atoms with van der Waals surface area (Å²) in [6.07, 6.45) is 4.63. The molecule has 0 aromatic heterocycles. The first-order valence-corrected chi connectivity index (χ1v) is 5.14. The zero-order valence-electron chi connectivity index (χ0n) is 8.21. The lowest BCUT2D eigenvalue weighted by Crippen LogP contribution is -2.33. The normalized spacial score (nSPS) is 25.7. The Kier molecular flexibility index (Phi) is 1.97. The third kappa shape index (κ3) is 1.17. The summed E-state index contributed by atoms with van der Waals surface area (Å²) in [7, 11) is 0. The summed E-state index contributed by atoms with van der Waals surface area (Å²) in [5, 5.41) is 0.627. The second-order valence-corrected chi connectivity index (χ2v) is 3.84. The average Bonchev–Trinajstić information content (AvgIpc) is 2.74. The molecule has 1 unspecified atom stereocenters. The summed E-state index contributed by atoms with van der Waals surface area (Å²) in [6, 6.07) is 7.50. The van der Waals surface area contributed by atoms with Gasteiger partial charge in [0.25, 0.3) is 0 Å². The van der Waals surface area contributed by atoms with E-state index in [1.165, 1.54) is 12.7 Å². The van der Waals surface area contributed by atoms with Gasteiger partial charge in [0.1, 0.15) is 18.4 Å². The van der Waals surface area contributed by atoms with E-state index in [9.17, 15) is 0 Å². The molecule has 2 aliphatic rings. The van der Waals surface area contributed by atoms with Gasteiger partial charge in [0.15, 0.2) is 0 Å². The summed E-state index contributed by atoms with van der Waals surface area (Å²) in [4.78, 5) is 16.7. The number of halogens is 1. The van der Waals surface area contributed by atoms with Crippen LogP contribution in [0.25, 0.3) is 0 Å². The van der Waals surface area contributed by atoms with Crippen LogP contribution in [0, 0.1) is 0 Å². The number of aliphatic imine (C=N–C) groups is 4. The highest BCUT2D eigenvalue weighted by Gasteiger charge is 2.40. The molecule has 0 saturated heterocycles. The van der Waals surface area contributed by atoms with Crippen LogP contribution in [0.3, 0.4) is 0 Å². The Morgan fingerprint density at radius 1 is 1.06 bits per heavy atom. The molecule has 0 aliphatic carbocycles. The molecule has 1 aromatic carbocycles. The molecule has 78 valence electrons. The van der Waals surface area contributed by atoms with E-state index in [4.69, 9.17) is 11.6 Å². The minimum atomic E-state index is -0.819. The smallest absolute Gasteiger partial charge is 0.224 e. The largest absolute Gasteiger partial charge is 0.243 e. The molecule has 0 N–H and O–H groups in total. The van der Waals surface area contributed by atoms with Crippen molar-refractivity contribution < 1.29 is 0 Å². The van der Waals surface area contributed by atoms with E-state index in [1.807, 2.05) is 24.3 Å². The Bertz CT molecular complexity index is 559. The van der Waals surface area contributed by atoms with Gasteiger partial charge >= 0.3 is 0 Å². The number of rotatable bonds is 1. The van der Waals surface area contributed by atoms with Crippen molar-refractivity contribution in [2.24, 2.45) is 20.0 Å². The third-order valence-corrected chi connectivity index (χ3v) is 2.89. The van der Waals surface area contributed by atoms with Crippen molar-refractivity contribution in [1.82, 2.24) is 0 Å². The van der Waals surface area contributed by atoms with Gasteiger partial charge in [-0.2, -0.15) is 0 Å². The standard InChI is InChI=1S/C11H7ClN4/c12-9-4-2-1-3-8(9)11-10(14-7-16-11)5-13-6-15-11/h1-7H. The molecule has 0 fully saturated rings. The molecule has 16 heavy (non-hydrogen) atoms. The van der Waals surface area contributed by atoms with Crippen LogP contribution in [0.5, 0.6) is 0 Å². The van der Waals surface area contributed by atoms with Gasteiger partial charge in [0.05, 0.1) is 6.21 Å². The van der Waals surface area contributed by atoms with Crippen LogP contribution in [0.15, 0.2) is 44.2 Å². The first-order valence-electron chi connectivity index (χ1n) is 4.77. The fraction of sp³-hybridized carbons (Fsp3) is 0.0909. The molecular weight excluding hydrogens is 224 g/mol. The Balaban J connectivity index is 2.23. The van der Waals surface area contributed by atoms with Crippen molar-refractivity contribution in [3.8, 4) is 0 Å². The zero-order valence-corrected chi connectivity index (χ0v) is 8.96. The van der Waals surface area contributed by atoms with Crippen LogP contribution in [0.4, 0.5) is 0 Å². The van der Waals surface area contributed by atoms with E-state index in [1.54, 1.807) is 6.21 Å². The molecule has 0 saturated carbocycles.